The van der Waals surface area contributed by atoms with Crippen LogP contribution in [0.5, 0.6) is 0 Å². The first-order valence-corrected chi connectivity index (χ1v) is 8.32. The first-order valence-electron chi connectivity index (χ1n) is 8.32. The minimum atomic E-state index is 0.0876. The maximum Gasteiger partial charge on any atom is 0.306 e. The third kappa shape index (κ3) is 6.02. The van der Waals surface area contributed by atoms with Crippen LogP contribution >= 0.6 is 0 Å². The van der Waals surface area contributed by atoms with Gasteiger partial charge in [0.25, 0.3) is 0 Å². The smallest absolute Gasteiger partial charge is 0.306 e. The molecule has 7 N–H and O–H groups in total. The van der Waals surface area contributed by atoms with E-state index in [1.165, 1.54) is 0 Å². The molecule has 0 aromatic heterocycles. The molecule has 25 heavy (non-hydrogen) atoms. The number of amidine groups is 1. The molecule has 0 saturated carbocycles. The van der Waals surface area contributed by atoms with E-state index in [2.05, 4.69) is 19.9 Å². The summed E-state index contributed by atoms with van der Waals surface area (Å²) >= 11 is 0. The van der Waals surface area contributed by atoms with Crippen LogP contribution in [0, 0.1) is 0 Å². The van der Waals surface area contributed by atoms with Crippen LogP contribution in [0.3, 0.4) is 0 Å². The van der Waals surface area contributed by atoms with Crippen molar-refractivity contribution in [1.82, 2.24) is 0 Å². The third-order valence-electron chi connectivity index (χ3n) is 3.63. The molecule has 8 heteroatoms. The van der Waals surface area contributed by atoms with Gasteiger partial charge in [-0.15, -0.1) is 4.99 Å². The Kier molecular flexibility index (Phi) is 7.12. The highest BCUT2D eigenvalue weighted by Gasteiger charge is 2.07. The average molecular weight is 344 g/mol. The molecule has 1 aliphatic rings. The van der Waals surface area contributed by atoms with Crippen LogP contribution in [0.4, 0.5) is 11.4 Å². The number of nitrogens with zero attached hydrogens (tertiary/aromatic N) is 4. The Morgan fingerprint density at radius 1 is 1.32 bits per heavy atom. The number of aliphatic hydroxyl groups excluding tert-OH is 1. The van der Waals surface area contributed by atoms with Crippen molar-refractivity contribution in [3.05, 3.63) is 36.4 Å². The zero-order valence-corrected chi connectivity index (χ0v) is 14.5. The average Bonchev–Trinajstić information content (AvgIpc) is 2.61. The first-order chi connectivity index (χ1) is 12.1. The summed E-state index contributed by atoms with van der Waals surface area (Å²) in [6.07, 6.45) is 4.90. The Bertz CT molecular complexity index is 677. The van der Waals surface area contributed by atoms with E-state index in [4.69, 9.17) is 16.6 Å². The normalized spacial score (nSPS) is 15.2. The molecule has 0 bridgehead atoms. The number of dihydropyridines is 1. The fourth-order valence-corrected chi connectivity index (χ4v) is 2.42. The van der Waals surface area contributed by atoms with Gasteiger partial charge in [0, 0.05) is 31.4 Å². The van der Waals surface area contributed by atoms with E-state index in [-0.39, 0.29) is 18.5 Å². The standard InChI is InChI=1S/C17H25N7O/c1-2-24(11-12-25)14-8-6-13(7-9-14)21-16(18)23-17(19)22-15-5-3-4-10-20-15/h3,5-9,25H,2,4,10-12H2,1H3,(H5,18,19,20,21,22,23)/p+1. The highest BCUT2D eigenvalue weighted by Crippen LogP contribution is 2.19. The SMILES string of the molecule is CCN(CCO)c1ccc(N=C(N)N=C(N)[NH2+]C2=NCCC=C2)cc1. The van der Waals surface area contributed by atoms with Crippen LogP contribution < -0.4 is 21.7 Å². The van der Waals surface area contributed by atoms with Gasteiger partial charge in [-0.2, -0.15) is 0 Å². The topological polar surface area (TPSA) is 129 Å². The third-order valence-corrected chi connectivity index (χ3v) is 3.63. The highest BCUT2D eigenvalue weighted by molar-refractivity contribution is 5.96. The van der Waals surface area contributed by atoms with Gasteiger partial charge in [0.05, 0.1) is 12.3 Å². The molecule has 0 spiro atoms. The van der Waals surface area contributed by atoms with E-state index in [1.54, 1.807) is 5.32 Å². The van der Waals surface area contributed by atoms with Gasteiger partial charge in [-0.25, -0.2) is 15.3 Å². The fraction of sp³-hybridized carbons (Fsp3) is 0.353. The number of likely N-dealkylation sites (N-methyl/N-ethyl adjacent to an activating group) is 1. The van der Waals surface area contributed by atoms with Gasteiger partial charge in [0.2, 0.25) is 11.8 Å². The number of anilines is 1. The molecule has 8 nitrogen and oxygen atoms in total. The van der Waals surface area contributed by atoms with Crippen molar-refractivity contribution in [2.45, 2.75) is 13.3 Å². The number of aliphatic hydroxyl groups is 1. The number of nitrogens with two attached hydrogens (primary N) is 3. The lowest BCUT2D eigenvalue weighted by Crippen LogP contribution is -2.93. The lowest BCUT2D eigenvalue weighted by Gasteiger charge is -2.21. The second-order valence-electron chi connectivity index (χ2n) is 5.47. The maximum atomic E-state index is 9.08. The number of quaternary nitrogens is 1. The summed E-state index contributed by atoms with van der Waals surface area (Å²) in [5.74, 6) is 1.14. The van der Waals surface area contributed by atoms with Gasteiger partial charge in [0.15, 0.2) is 0 Å². The van der Waals surface area contributed by atoms with Crippen LogP contribution in [0.1, 0.15) is 13.3 Å². The van der Waals surface area contributed by atoms with Gasteiger partial charge >= 0.3 is 5.96 Å². The Hall–Kier alpha value is -2.71. The molecule has 0 atom stereocenters. The summed E-state index contributed by atoms with van der Waals surface area (Å²) in [5, 5.41) is 10.8. The van der Waals surface area contributed by atoms with Crippen LogP contribution in [0.15, 0.2) is 51.4 Å². The van der Waals surface area contributed by atoms with Crippen molar-refractivity contribution in [2.75, 3.05) is 31.1 Å². The number of guanidine groups is 2. The molecule has 0 unspecified atom stereocenters. The van der Waals surface area contributed by atoms with Gasteiger partial charge in [-0.3, -0.25) is 0 Å². The van der Waals surface area contributed by atoms with Gasteiger partial charge < -0.3 is 21.5 Å². The highest BCUT2D eigenvalue weighted by atomic mass is 16.3. The van der Waals surface area contributed by atoms with Crippen molar-refractivity contribution in [2.24, 2.45) is 26.4 Å². The number of hydrogen-bond acceptors (Lipinski definition) is 4. The van der Waals surface area contributed by atoms with Crippen molar-refractivity contribution < 1.29 is 10.4 Å². The second-order valence-corrected chi connectivity index (χ2v) is 5.47. The molecule has 1 aromatic carbocycles. The van der Waals surface area contributed by atoms with Crippen LogP contribution in [0.2, 0.25) is 0 Å². The molecule has 1 aromatic rings. The van der Waals surface area contributed by atoms with E-state index >= 15 is 0 Å². The lowest BCUT2D eigenvalue weighted by molar-refractivity contribution is -0.408. The zero-order chi connectivity index (χ0) is 18.1. The lowest BCUT2D eigenvalue weighted by atomic mass is 10.2. The Labute approximate surface area is 147 Å². The van der Waals surface area contributed by atoms with Crippen molar-refractivity contribution in [3.8, 4) is 0 Å². The van der Waals surface area contributed by atoms with E-state index in [9.17, 15) is 0 Å². The van der Waals surface area contributed by atoms with E-state index in [0.717, 1.165) is 31.0 Å². The fourth-order valence-electron chi connectivity index (χ4n) is 2.42. The van der Waals surface area contributed by atoms with Crippen LogP contribution in [0.25, 0.3) is 0 Å². The molecule has 0 aliphatic carbocycles. The number of aliphatic imine (C=N–C) groups is 3. The Balaban J connectivity index is 2.02. The largest absolute Gasteiger partial charge is 0.395 e. The summed E-state index contributed by atoms with van der Waals surface area (Å²) in [6.45, 7) is 4.33. The summed E-state index contributed by atoms with van der Waals surface area (Å²) in [7, 11) is 0. The molecule has 0 saturated heterocycles. The van der Waals surface area contributed by atoms with E-state index in [1.807, 2.05) is 43.3 Å². The predicted octanol–water partition coefficient (Wildman–Crippen LogP) is -0.312. The quantitative estimate of drug-likeness (QED) is 0.431. The molecule has 2 rings (SSSR count). The van der Waals surface area contributed by atoms with Gasteiger partial charge in [0.1, 0.15) is 0 Å². The minimum absolute atomic E-state index is 0.0876. The monoisotopic (exact) mass is 344 g/mol. The number of rotatable bonds is 5. The number of benzene rings is 1. The van der Waals surface area contributed by atoms with Crippen molar-refractivity contribution >= 4 is 29.1 Å². The van der Waals surface area contributed by atoms with Crippen molar-refractivity contribution in [3.63, 3.8) is 0 Å². The van der Waals surface area contributed by atoms with E-state index < -0.39 is 0 Å². The molecule has 0 fully saturated rings. The molecule has 134 valence electrons. The molecule has 0 amide bonds. The Morgan fingerprint density at radius 3 is 2.68 bits per heavy atom. The minimum Gasteiger partial charge on any atom is -0.395 e. The molecular formula is C17H26N7O+. The van der Waals surface area contributed by atoms with Crippen LogP contribution in [-0.2, 0) is 0 Å². The Morgan fingerprint density at radius 2 is 2.08 bits per heavy atom. The molecule has 1 heterocycles. The first kappa shape index (κ1) is 18.6. The second kappa shape index (κ2) is 9.55. The van der Waals surface area contributed by atoms with Gasteiger partial charge in [-0.1, -0.05) is 6.08 Å². The molecule has 1 aliphatic heterocycles. The summed E-state index contributed by atoms with van der Waals surface area (Å²) in [5.41, 5.74) is 13.4. The predicted molar refractivity (Wildman–Crippen MR) is 102 cm³/mol. The summed E-state index contributed by atoms with van der Waals surface area (Å²) in [4.78, 5) is 14.7. The summed E-state index contributed by atoms with van der Waals surface area (Å²) in [6, 6.07) is 7.58. The van der Waals surface area contributed by atoms with Gasteiger partial charge in [-0.05, 0) is 37.6 Å². The maximum absolute atomic E-state index is 9.08. The van der Waals surface area contributed by atoms with Crippen LogP contribution in [-0.4, -0.2) is 49.1 Å². The molecular weight excluding hydrogens is 318 g/mol. The van der Waals surface area contributed by atoms with Crippen molar-refractivity contribution in [1.29, 1.82) is 0 Å². The summed E-state index contributed by atoms with van der Waals surface area (Å²) < 4.78 is 0. The van der Waals surface area contributed by atoms with E-state index in [0.29, 0.717) is 12.2 Å². The number of hydrogen-bond donors (Lipinski definition) is 4. The molecule has 0 radical (unpaired) electrons. The zero-order valence-electron chi connectivity index (χ0n) is 14.5.